The quantitative estimate of drug-likeness (QED) is 0.760. The molecule has 0 bridgehead atoms. The molecule has 1 heterocycles. The Labute approximate surface area is 134 Å². The predicted molar refractivity (Wildman–Crippen MR) is 84.7 cm³/mol. The Morgan fingerprint density at radius 2 is 1.62 bits per heavy atom. The molecule has 0 unspecified atom stereocenters. The fraction of sp³-hybridized carbons (Fsp3) is 0. The van der Waals surface area contributed by atoms with Crippen LogP contribution in [0.1, 0.15) is 0 Å². The molecule has 21 heavy (non-hydrogen) atoms. The number of aromatic amines is 1. The Morgan fingerprint density at radius 3 is 2.24 bits per heavy atom. The minimum Gasteiger partial charge on any atom is -0.288 e. The lowest BCUT2D eigenvalue weighted by molar-refractivity contribution is 0.845. The van der Waals surface area contributed by atoms with Crippen LogP contribution in [-0.4, -0.2) is 14.8 Å². The molecule has 0 radical (unpaired) electrons. The van der Waals surface area contributed by atoms with Gasteiger partial charge in [0.25, 0.3) is 0 Å². The van der Waals surface area contributed by atoms with Gasteiger partial charge in [-0.1, -0.05) is 65.1 Å². The number of nitrogens with zero attached hydrogens (tertiary/aromatic N) is 2. The number of aromatic nitrogens is 3. The van der Waals surface area contributed by atoms with Gasteiger partial charge >= 0.3 is 5.69 Å². The Balaban J connectivity index is 2.18. The van der Waals surface area contributed by atoms with E-state index >= 15 is 0 Å². The second kappa shape index (κ2) is 5.56. The number of hydrogen-bond donors (Lipinski definition) is 1. The molecular weight excluding hydrogens is 333 g/mol. The molecule has 0 fully saturated rings. The smallest absolute Gasteiger partial charge is 0.288 e. The molecule has 7 heteroatoms. The summed E-state index contributed by atoms with van der Waals surface area (Å²) >= 11 is 18.1. The highest BCUT2D eigenvalue weighted by Crippen LogP contribution is 2.31. The van der Waals surface area contributed by atoms with Crippen LogP contribution in [0.4, 0.5) is 0 Å². The molecular formula is C14H8Cl3N3O. The van der Waals surface area contributed by atoms with Crippen molar-refractivity contribution in [1.29, 1.82) is 0 Å². The van der Waals surface area contributed by atoms with Crippen molar-refractivity contribution < 1.29 is 0 Å². The maximum absolute atomic E-state index is 12.1. The number of rotatable bonds is 2. The second-order valence-electron chi connectivity index (χ2n) is 4.27. The van der Waals surface area contributed by atoms with Crippen molar-refractivity contribution in [1.82, 2.24) is 14.8 Å². The van der Waals surface area contributed by atoms with Gasteiger partial charge in [0.15, 0.2) is 5.82 Å². The number of benzene rings is 2. The van der Waals surface area contributed by atoms with Gasteiger partial charge in [-0.3, -0.25) is 4.98 Å². The van der Waals surface area contributed by atoms with Crippen LogP contribution in [-0.2, 0) is 0 Å². The zero-order valence-electron chi connectivity index (χ0n) is 10.5. The minimum absolute atomic E-state index is 0.251. The van der Waals surface area contributed by atoms with Crippen LogP contribution in [0.25, 0.3) is 17.1 Å². The van der Waals surface area contributed by atoms with E-state index in [1.807, 2.05) is 30.3 Å². The van der Waals surface area contributed by atoms with E-state index in [2.05, 4.69) is 10.1 Å². The molecule has 0 saturated heterocycles. The summed E-state index contributed by atoms with van der Waals surface area (Å²) in [4.78, 5) is 14.8. The van der Waals surface area contributed by atoms with Crippen molar-refractivity contribution >= 4 is 34.8 Å². The van der Waals surface area contributed by atoms with Gasteiger partial charge in [-0.25, -0.2) is 4.79 Å². The summed E-state index contributed by atoms with van der Waals surface area (Å²) in [7, 11) is 0. The lowest BCUT2D eigenvalue weighted by atomic mass is 10.2. The van der Waals surface area contributed by atoms with E-state index in [9.17, 15) is 4.79 Å². The van der Waals surface area contributed by atoms with Crippen LogP contribution in [0.15, 0.2) is 47.3 Å². The zero-order valence-corrected chi connectivity index (χ0v) is 12.7. The summed E-state index contributed by atoms with van der Waals surface area (Å²) in [6, 6.07) is 12.3. The van der Waals surface area contributed by atoms with Gasteiger partial charge in [-0.2, -0.15) is 4.68 Å². The molecule has 106 valence electrons. The Bertz CT molecular complexity index is 832. The summed E-state index contributed by atoms with van der Waals surface area (Å²) in [5.74, 6) is 0.433. The van der Waals surface area contributed by atoms with Crippen molar-refractivity contribution in [3.05, 3.63) is 68.0 Å². The molecule has 0 saturated carbocycles. The predicted octanol–water partition coefficient (Wildman–Crippen LogP) is 4.19. The first-order valence-electron chi connectivity index (χ1n) is 5.96. The summed E-state index contributed by atoms with van der Waals surface area (Å²) in [5.41, 5.74) is 0.653. The molecule has 0 spiro atoms. The Morgan fingerprint density at radius 1 is 1.00 bits per heavy atom. The van der Waals surface area contributed by atoms with E-state index in [1.54, 1.807) is 0 Å². The standard InChI is InChI=1S/C14H8Cl3N3O/c15-9-6-10(16)12(11(17)7-9)20-14(21)18-13(19-20)8-4-2-1-3-5-8/h1-7H,(H,18,19,21). The number of halogens is 3. The van der Waals surface area contributed by atoms with Gasteiger partial charge < -0.3 is 0 Å². The van der Waals surface area contributed by atoms with E-state index in [4.69, 9.17) is 34.8 Å². The minimum atomic E-state index is -0.431. The fourth-order valence-electron chi connectivity index (χ4n) is 1.94. The topological polar surface area (TPSA) is 50.7 Å². The van der Waals surface area contributed by atoms with Crippen LogP contribution in [0.2, 0.25) is 15.1 Å². The van der Waals surface area contributed by atoms with Gasteiger partial charge in [-0.15, -0.1) is 5.10 Å². The Hall–Kier alpha value is -1.75. The van der Waals surface area contributed by atoms with Crippen molar-refractivity contribution in [2.45, 2.75) is 0 Å². The van der Waals surface area contributed by atoms with Gasteiger partial charge in [0.1, 0.15) is 5.69 Å². The van der Waals surface area contributed by atoms with Crippen LogP contribution in [0.3, 0.4) is 0 Å². The molecule has 0 aliphatic rings. The van der Waals surface area contributed by atoms with E-state index < -0.39 is 5.69 Å². The Kier molecular flexibility index (Phi) is 3.76. The summed E-state index contributed by atoms with van der Waals surface area (Å²) < 4.78 is 1.13. The maximum Gasteiger partial charge on any atom is 0.348 e. The largest absolute Gasteiger partial charge is 0.348 e. The van der Waals surface area contributed by atoms with Crippen LogP contribution >= 0.6 is 34.8 Å². The number of hydrogen-bond acceptors (Lipinski definition) is 2. The van der Waals surface area contributed by atoms with Crippen molar-refractivity contribution in [2.75, 3.05) is 0 Å². The van der Waals surface area contributed by atoms with Crippen molar-refractivity contribution in [2.24, 2.45) is 0 Å². The molecule has 1 aromatic heterocycles. The van der Waals surface area contributed by atoms with Crippen molar-refractivity contribution in [3.63, 3.8) is 0 Å². The molecule has 3 rings (SSSR count). The second-order valence-corrected chi connectivity index (χ2v) is 5.53. The highest BCUT2D eigenvalue weighted by Gasteiger charge is 2.15. The third kappa shape index (κ3) is 2.70. The average Bonchev–Trinajstić information content (AvgIpc) is 2.81. The molecule has 3 aromatic rings. The lowest BCUT2D eigenvalue weighted by Crippen LogP contribution is -2.16. The van der Waals surface area contributed by atoms with E-state index in [0.29, 0.717) is 16.5 Å². The van der Waals surface area contributed by atoms with E-state index in [-0.39, 0.29) is 10.0 Å². The zero-order chi connectivity index (χ0) is 15.0. The van der Waals surface area contributed by atoms with Crippen molar-refractivity contribution in [3.8, 4) is 17.1 Å². The summed E-state index contributed by atoms with van der Waals surface area (Å²) in [6.45, 7) is 0. The number of nitrogens with one attached hydrogen (secondary N) is 1. The van der Waals surface area contributed by atoms with Gasteiger partial charge in [0, 0.05) is 10.6 Å². The van der Waals surface area contributed by atoms with E-state index in [1.165, 1.54) is 12.1 Å². The van der Waals surface area contributed by atoms with Crippen LogP contribution in [0, 0.1) is 0 Å². The molecule has 2 aromatic carbocycles. The summed E-state index contributed by atoms with van der Waals surface area (Å²) in [5, 5.41) is 5.13. The van der Waals surface area contributed by atoms with Crippen LogP contribution < -0.4 is 5.69 Å². The molecule has 1 N–H and O–H groups in total. The normalized spacial score (nSPS) is 10.8. The van der Waals surface area contributed by atoms with Gasteiger partial charge in [0.2, 0.25) is 0 Å². The molecule has 4 nitrogen and oxygen atoms in total. The summed E-state index contributed by atoms with van der Waals surface area (Å²) in [6.07, 6.45) is 0. The first kappa shape index (κ1) is 14.2. The molecule has 0 aliphatic carbocycles. The van der Waals surface area contributed by atoms with Crippen LogP contribution in [0.5, 0.6) is 0 Å². The van der Waals surface area contributed by atoms with Gasteiger partial charge in [0.05, 0.1) is 10.0 Å². The monoisotopic (exact) mass is 339 g/mol. The SMILES string of the molecule is O=c1[nH]c(-c2ccccc2)nn1-c1c(Cl)cc(Cl)cc1Cl. The average molecular weight is 341 g/mol. The molecule has 0 amide bonds. The highest BCUT2D eigenvalue weighted by atomic mass is 35.5. The third-order valence-corrected chi connectivity index (χ3v) is 3.65. The first-order chi connectivity index (χ1) is 10.1. The molecule has 0 aliphatic heterocycles. The maximum atomic E-state index is 12.1. The third-order valence-electron chi connectivity index (χ3n) is 2.86. The van der Waals surface area contributed by atoms with Gasteiger partial charge in [-0.05, 0) is 12.1 Å². The fourth-order valence-corrected chi connectivity index (χ4v) is 2.92. The number of H-pyrrole nitrogens is 1. The van der Waals surface area contributed by atoms with E-state index in [0.717, 1.165) is 10.2 Å². The lowest BCUT2D eigenvalue weighted by Gasteiger charge is -2.06. The first-order valence-corrected chi connectivity index (χ1v) is 7.09. The molecule has 0 atom stereocenters. The highest BCUT2D eigenvalue weighted by molar-refractivity contribution is 6.40.